The number of hydrogen-bond donors (Lipinski definition) is 1. The lowest BCUT2D eigenvalue weighted by Gasteiger charge is -2.27. The first-order valence-electron chi connectivity index (χ1n) is 6.38. The van der Waals surface area contributed by atoms with E-state index in [-0.39, 0.29) is 6.04 Å². The molecule has 1 aromatic carbocycles. The first kappa shape index (κ1) is 14.3. The first-order valence-corrected chi connectivity index (χ1v) is 7.55. The Morgan fingerprint density at radius 3 is 2.72 bits per heavy atom. The van der Waals surface area contributed by atoms with Crippen molar-refractivity contribution in [3.8, 4) is 0 Å². The Kier molecular flexibility index (Phi) is 4.70. The molecule has 1 aliphatic carbocycles. The maximum Gasteiger partial charge on any atom is 0.0551 e. The van der Waals surface area contributed by atoms with Gasteiger partial charge in [0.25, 0.3) is 0 Å². The number of halogens is 2. The third kappa shape index (κ3) is 3.27. The first-order chi connectivity index (χ1) is 8.52. The number of nitrogens with two attached hydrogens (primary N) is 1. The molecule has 1 saturated carbocycles. The molecule has 0 radical (unpaired) electrons. The average molecular weight is 332 g/mol. The molecule has 1 aliphatic rings. The zero-order chi connectivity index (χ0) is 13.3. The van der Waals surface area contributed by atoms with E-state index in [4.69, 9.17) is 17.3 Å². The van der Waals surface area contributed by atoms with Gasteiger partial charge in [0.1, 0.15) is 0 Å². The van der Waals surface area contributed by atoms with Crippen LogP contribution in [0.5, 0.6) is 0 Å². The van der Waals surface area contributed by atoms with Gasteiger partial charge in [0, 0.05) is 23.6 Å². The maximum atomic E-state index is 6.15. The van der Waals surface area contributed by atoms with E-state index in [1.165, 1.54) is 12.0 Å². The van der Waals surface area contributed by atoms with Crippen LogP contribution in [0.1, 0.15) is 24.9 Å². The number of hydrogen-bond acceptors (Lipinski definition) is 2. The van der Waals surface area contributed by atoms with Gasteiger partial charge in [0.2, 0.25) is 0 Å². The summed E-state index contributed by atoms with van der Waals surface area (Å²) in [5.41, 5.74) is 7.12. The van der Waals surface area contributed by atoms with Gasteiger partial charge in [0.05, 0.1) is 5.02 Å². The predicted octanol–water partition coefficient (Wildman–Crippen LogP) is 3.69. The van der Waals surface area contributed by atoms with Gasteiger partial charge < -0.3 is 5.73 Å². The van der Waals surface area contributed by atoms with E-state index in [2.05, 4.69) is 40.9 Å². The Bertz CT molecular complexity index is 424. The Balaban J connectivity index is 2.08. The SMILES string of the molecule is CC1CC1CN(C)C(CN)c1ccc(Br)c(Cl)c1. The number of nitrogens with zero attached hydrogens (tertiary/aromatic N) is 1. The van der Waals surface area contributed by atoms with Crippen LogP contribution >= 0.6 is 27.5 Å². The lowest BCUT2D eigenvalue weighted by Crippen LogP contribution is -2.32. The summed E-state index contributed by atoms with van der Waals surface area (Å²) in [5.74, 6) is 1.72. The van der Waals surface area contributed by atoms with E-state index in [1.807, 2.05) is 12.1 Å². The van der Waals surface area contributed by atoms with Gasteiger partial charge in [-0.1, -0.05) is 24.6 Å². The van der Waals surface area contributed by atoms with Crippen LogP contribution in [0.3, 0.4) is 0 Å². The predicted molar refractivity (Wildman–Crippen MR) is 80.8 cm³/mol. The molecule has 2 N–H and O–H groups in total. The molecular formula is C14H20BrClN2. The van der Waals surface area contributed by atoms with Crippen molar-refractivity contribution in [3.05, 3.63) is 33.3 Å². The second-order valence-electron chi connectivity index (χ2n) is 5.34. The van der Waals surface area contributed by atoms with E-state index < -0.39 is 0 Å². The van der Waals surface area contributed by atoms with Crippen molar-refractivity contribution < 1.29 is 0 Å². The van der Waals surface area contributed by atoms with Crippen molar-refractivity contribution in [2.24, 2.45) is 17.6 Å². The zero-order valence-corrected chi connectivity index (χ0v) is 13.2. The van der Waals surface area contributed by atoms with Gasteiger partial charge in [-0.25, -0.2) is 0 Å². The van der Waals surface area contributed by atoms with Gasteiger partial charge in [0.15, 0.2) is 0 Å². The molecule has 1 aromatic rings. The fourth-order valence-electron chi connectivity index (χ4n) is 2.44. The Morgan fingerprint density at radius 2 is 2.22 bits per heavy atom. The molecule has 0 aliphatic heterocycles. The summed E-state index contributed by atoms with van der Waals surface area (Å²) in [6.45, 7) is 4.05. The molecule has 3 atom stereocenters. The van der Waals surface area contributed by atoms with E-state index in [9.17, 15) is 0 Å². The summed E-state index contributed by atoms with van der Waals surface area (Å²) in [7, 11) is 2.15. The standard InChI is InChI=1S/C14H20BrClN2/c1-9-5-11(9)8-18(2)14(7-17)10-3-4-12(15)13(16)6-10/h3-4,6,9,11,14H,5,7-8,17H2,1-2H3. The highest BCUT2D eigenvalue weighted by Gasteiger charge is 2.34. The van der Waals surface area contributed by atoms with Gasteiger partial charge in [-0.05, 0) is 58.9 Å². The summed E-state index contributed by atoms with van der Waals surface area (Å²) < 4.78 is 0.933. The minimum absolute atomic E-state index is 0.253. The van der Waals surface area contributed by atoms with Crippen LogP contribution in [-0.4, -0.2) is 25.0 Å². The minimum Gasteiger partial charge on any atom is -0.329 e. The molecule has 4 heteroatoms. The van der Waals surface area contributed by atoms with Crippen LogP contribution in [0.25, 0.3) is 0 Å². The number of rotatable bonds is 5. The Hall–Kier alpha value is -0.0900. The Morgan fingerprint density at radius 1 is 1.56 bits per heavy atom. The molecule has 18 heavy (non-hydrogen) atoms. The van der Waals surface area contributed by atoms with E-state index >= 15 is 0 Å². The highest BCUT2D eigenvalue weighted by molar-refractivity contribution is 9.10. The average Bonchev–Trinajstić information content (AvgIpc) is 3.00. The topological polar surface area (TPSA) is 29.3 Å². The van der Waals surface area contributed by atoms with Crippen LogP contribution in [0.2, 0.25) is 5.02 Å². The fraction of sp³-hybridized carbons (Fsp3) is 0.571. The molecule has 2 nitrogen and oxygen atoms in total. The largest absolute Gasteiger partial charge is 0.329 e. The van der Waals surface area contributed by atoms with Gasteiger partial charge in [-0.15, -0.1) is 0 Å². The molecule has 0 spiro atoms. The zero-order valence-electron chi connectivity index (χ0n) is 10.9. The molecule has 0 saturated heterocycles. The van der Waals surface area contributed by atoms with Crippen LogP contribution in [0, 0.1) is 11.8 Å². The molecule has 2 rings (SSSR count). The molecular weight excluding hydrogens is 312 g/mol. The van der Waals surface area contributed by atoms with E-state index in [1.54, 1.807) is 0 Å². The van der Waals surface area contributed by atoms with Crippen LogP contribution in [0.4, 0.5) is 0 Å². The van der Waals surface area contributed by atoms with Crippen molar-refractivity contribution >= 4 is 27.5 Å². The summed E-state index contributed by atoms with van der Waals surface area (Å²) in [6, 6.07) is 6.35. The van der Waals surface area contributed by atoms with Gasteiger partial charge >= 0.3 is 0 Å². The molecule has 0 aromatic heterocycles. The Labute approximate surface area is 123 Å². The monoisotopic (exact) mass is 330 g/mol. The lowest BCUT2D eigenvalue weighted by atomic mass is 10.1. The summed E-state index contributed by atoms with van der Waals surface area (Å²) in [6.07, 6.45) is 1.35. The second-order valence-corrected chi connectivity index (χ2v) is 6.60. The van der Waals surface area contributed by atoms with Crippen molar-refractivity contribution in [3.63, 3.8) is 0 Å². The quantitative estimate of drug-likeness (QED) is 0.891. The molecule has 0 amide bonds. The molecule has 0 bridgehead atoms. The second kappa shape index (κ2) is 5.91. The van der Waals surface area contributed by atoms with Crippen LogP contribution < -0.4 is 5.73 Å². The summed E-state index contributed by atoms with van der Waals surface area (Å²) in [4.78, 5) is 2.35. The van der Waals surface area contributed by atoms with E-state index in [0.29, 0.717) is 6.54 Å². The number of likely N-dealkylation sites (N-methyl/N-ethyl adjacent to an activating group) is 1. The van der Waals surface area contributed by atoms with Gasteiger partial charge in [-0.3, -0.25) is 4.90 Å². The third-order valence-corrected chi connectivity index (χ3v) is 5.11. The smallest absolute Gasteiger partial charge is 0.0551 e. The van der Waals surface area contributed by atoms with Crippen molar-refractivity contribution in [2.45, 2.75) is 19.4 Å². The molecule has 3 unspecified atom stereocenters. The summed E-state index contributed by atoms with van der Waals surface area (Å²) >= 11 is 9.57. The molecule has 0 heterocycles. The molecule has 1 fully saturated rings. The maximum absolute atomic E-state index is 6.15. The van der Waals surface area contributed by atoms with Crippen molar-refractivity contribution in [1.82, 2.24) is 4.90 Å². The van der Waals surface area contributed by atoms with Crippen LogP contribution in [0.15, 0.2) is 22.7 Å². The normalized spacial score (nSPS) is 24.3. The van der Waals surface area contributed by atoms with Crippen LogP contribution in [-0.2, 0) is 0 Å². The van der Waals surface area contributed by atoms with Gasteiger partial charge in [-0.2, -0.15) is 0 Å². The lowest BCUT2D eigenvalue weighted by molar-refractivity contribution is 0.237. The fourth-order valence-corrected chi connectivity index (χ4v) is 2.88. The highest BCUT2D eigenvalue weighted by Crippen LogP contribution is 2.39. The minimum atomic E-state index is 0.253. The van der Waals surface area contributed by atoms with Crippen molar-refractivity contribution in [2.75, 3.05) is 20.1 Å². The van der Waals surface area contributed by atoms with E-state index in [0.717, 1.165) is 27.9 Å². The highest BCUT2D eigenvalue weighted by atomic mass is 79.9. The summed E-state index contributed by atoms with van der Waals surface area (Å²) in [5, 5.41) is 0.749. The molecule has 100 valence electrons. The van der Waals surface area contributed by atoms with Crippen molar-refractivity contribution in [1.29, 1.82) is 0 Å². The third-order valence-electron chi connectivity index (χ3n) is 3.88. The number of benzene rings is 1.